The van der Waals surface area contributed by atoms with Gasteiger partial charge in [-0.3, -0.25) is 10.1 Å². The summed E-state index contributed by atoms with van der Waals surface area (Å²) in [6.07, 6.45) is 0. The van der Waals surface area contributed by atoms with Crippen molar-refractivity contribution in [2.24, 2.45) is 5.73 Å². The molecule has 0 unspecified atom stereocenters. The second kappa shape index (κ2) is 6.01. The summed E-state index contributed by atoms with van der Waals surface area (Å²) >= 11 is 3.13. The number of primary amides is 1. The van der Waals surface area contributed by atoms with E-state index in [1.54, 1.807) is 17.4 Å². The molecule has 0 saturated heterocycles. The van der Waals surface area contributed by atoms with Crippen LogP contribution in [0.3, 0.4) is 0 Å². The lowest BCUT2D eigenvalue weighted by Gasteiger charge is -2.07. The van der Waals surface area contributed by atoms with Crippen molar-refractivity contribution in [2.75, 3.05) is 12.3 Å². The van der Waals surface area contributed by atoms with Crippen LogP contribution in [0.4, 0.5) is 10.5 Å². The third-order valence-corrected chi connectivity index (χ3v) is 2.73. The molecule has 1 rings (SSSR count). The Hall–Kier alpha value is -2.09. The summed E-state index contributed by atoms with van der Waals surface area (Å²) in [6.45, 7) is -0.608. The van der Waals surface area contributed by atoms with Gasteiger partial charge in [-0.2, -0.15) is 0 Å². The fourth-order valence-electron chi connectivity index (χ4n) is 1.09. The number of nitrogens with one attached hydrogen (secondary N) is 1. The van der Waals surface area contributed by atoms with Gasteiger partial charge in [0.1, 0.15) is 0 Å². The minimum absolute atomic E-state index is 0.182. The van der Waals surface area contributed by atoms with E-state index in [1.165, 1.54) is 6.07 Å². The Morgan fingerprint density at radius 3 is 2.61 bits per heavy atom. The van der Waals surface area contributed by atoms with Crippen LogP contribution < -0.4 is 16.8 Å². The quantitative estimate of drug-likeness (QED) is 0.549. The minimum Gasteiger partial charge on any atom is -0.452 e. The lowest BCUT2D eigenvalue weighted by atomic mass is 10.2. The summed E-state index contributed by atoms with van der Waals surface area (Å²) < 4.78 is 5.06. The maximum atomic E-state index is 11.6. The van der Waals surface area contributed by atoms with Gasteiger partial charge < -0.3 is 16.2 Å². The zero-order valence-electron chi connectivity index (χ0n) is 9.10. The first kappa shape index (κ1) is 14.0. The van der Waals surface area contributed by atoms with Gasteiger partial charge in [-0.25, -0.2) is 9.59 Å². The van der Waals surface area contributed by atoms with E-state index in [1.807, 2.05) is 0 Å². The standard InChI is InChI=1S/C10H10BrN3O4/c11-8-5(2-1-3-6(8)12)9(16)18-4-7(15)14-10(13)17/h1-3H,4,12H2,(H3,13,14,15,17). The van der Waals surface area contributed by atoms with E-state index in [9.17, 15) is 14.4 Å². The first-order chi connectivity index (χ1) is 8.41. The first-order valence-corrected chi connectivity index (χ1v) is 5.51. The average molecular weight is 316 g/mol. The van der Waals surface area contributed by atoms with Gasteiger partial charge in [-0.1, -0.05) is 6.07 Å². The second-order valence-corrected chi connectivity index (χ2v) is 3.99. The van der Waals surface area contributed by atoms with E-state index in [4.69, 9.17) is 11.5 Å². The summed E-state index contributed by atoms with van der Waals surface area (Å²) in [5.74, 6) is -1.55. The molecule has 3 amide bonds. The molecule has 8 heteroatoms. The number of nitrogens with two attached hydrogens (primary N) is 2. The fourth-order valence-corrected chi connectivity index (χ4v) is 1.52. The SMILES string of the molecule is NC(=O)NC(=O)COC(=O)c1cccc(N)c1Br. The molecule has 0 atom stereocenters. The van der Waals surface area contributed by atoms with Crippen molar-refractivity contribution in [3.8, 4) is 0 Å². The molecule has 0 aromatic heterocycles. The van der Waals surface area contributed by atoms with Gasteiger partial charge >= 0.3 is 12.0 Å². The van der Waals surface area contributed by atoms with Crippen LogP contribution in [0.15, 0.2) is 22.7 Å². The number of imide groups is 1. The Morgan fingerprint density at radius 2 is 2.00 bits per heavy atom. The number of hydrogen-bond donors (Lipinski definition) is 3. The van der Waals surface area contributed by atoms with E-state index in [2.05, 4.69) is 20.7 Å². The smallest absolute Gasteiger partial charge is 0.339 e. The molecule has 0 fully saturated rings. The molecule has 1 aromatic rings. The Labute approximate surface area is 111 Å². The number of esters is 1. The van der Waals surface area contributed by atoms with Gasteiger partial charge in [0, 0.05) is 5.69 Å². The minimum atomic E-state index is -1.01. The molecule has 96 valence electrons. The molecular weight excluding hydrogens is 306 g/mol. The predicted octanol–water partition coefficient (Wildman–Crippen LogP) is 0.383. The number of ether oxygens (including phenoxy) is 1. The highest BCUT2D eigenvalue weighted by atomic mass is 79.9. The zero-order chi connectivity index (χ0) is 13.7. The Kier molecular flexibility index (Phi) is 4.67. The molecule has 0 bridgehead atoms. The van der Waals surface area contributed by atoms with Gasteiger partial charge in [0.25, 0.3) is 5.91 Å². The highest BCUT2D eigenvalue weighted by Gasteiger charge is 2.15. The van der Waals surface area contributed by atoms with Crippen molar-refractivity contribution in [3.63, 3.8) is 0 Å². The Balaban J connectivity index is 2.64. The van der Waals surface area contributed by atoms with Gasteiger partial charge in [0.2, 0.25) is 0 Å². The number of carbonyl (C=O) groups excluding carboxylic acids is 3. The normalized spacial score (nSPS) is 9.61. The van der Waals surface area contributed by atoms with Crippen LogP contribution in [0, 0.1) is 0 Å². The molecule has 0 aliphatic rings. The van der Waals surface area contributed by atoms with Gasteiger partial charge in [0.05, 0.1) is 10.0 Å². The molecule has 0 spiro atoms. The first-order valence-electron chi connectivity index (χ1n) is 4.72. The van der Waals surface area contributed by atoms with Crippen LogP contribution in [0.25, 0.3) is 0 Å². The van der Waals surface area contributed by atoms with Crippen LogP contribution in [-0.4, -0.2) is 24.5 Å². The highest BCUT2D eigenvalue weighted by molar-refractivity contribution is 9.10. The van der Waals surface area contributed by atoms with Gasteiger partial charge in [-0.05, 0) is 28.1 Å². The largest absolute Gasteiger partial charge is 0.452 e. The van der Waals surface area contributed by atoms with Crippen molar-refractivity contribution in [1.82, 2.24) is 5.32 Å². The number of carbonyl (C=O) groups is 3. The van der Waals surface area contributed by atoms with E-state index in [0.29, 0.717) is 10.2 Å². The number of rotatable bonds is 3. The summed E-state index contributed by atoms with van der Waals surface area (Å²) in [5.41, 5.74) is 10.9. The highest BCUT2D eigenvalue weighted by Crippen LogP contribution is 2.24. The number of nitrogen functional groups attached to an aromatic ring is 1. The van der Waals surface area contributed by atoms with Crippen molar-refractivity contribution < 1.29 is 19.1 Å². The molecule has 0 aliphatic carbocycles. The average Bonchev–Trinajstić information content (AvgIpc) is 2.29. The van der Waals surface area contributed by atoms with E-state index >= 15 is 0 Å². The topological polar surface area (TPSA) is 125 Å². The van der Waals surface area contributed by atoms with Crippen molar-refractivity contribution in [1.29, 1.82) is 0 Å². The number of anilines is 1. The van der Waals surface area contributed by atoms with E-state index in [0.717, 1.165) is 0 Å². The zero-order valence-corrected chi connectivity index (χ0v) is 10.7. The van der Waals surface area contributed by atoms with Crippen LogP contribution in [0.5, 0.6) is 0 Å². The van der Waals surface area contributed by atoms with Gasteiger partial charge in [-0.15, -0.1) is 0 Å². The number of benzene rings is 1. The predicted molar refractivity (Wildman–Crippen MR) is 66.6 cm³/mol. The summed E-state index contributed by atoms with van der Waals surface area (Å²) in [4.78, 5) is 33.0. The number of halogens is 1. The molecule has 0 saturated carbocycles. The second-order valence-electron chi connectivity index (χ2n) is 3.20. The lowest BCUT2D eigenvalue weighted by Crippen LogP contribution is -2.37. The molecule has 0 aliphatic heterocycles. The lowest BCUT2D eigenvalue weighted by molar-refractivity contribution is -0.123. The van der Waals surface area contributed by atoms with Crippen LogP contribution in [0.1, 0.15) is 10.4 Å². The van der Waals surface area contributed by atoms with Gasteiger partial charge in [0.15, 0.2) is 6.61 Å². The molecular formula is C10H10BrN3O4. The Bertz CT molecular complexity index is 504. The monoisotopic (exact) mass is 315 g/mol. The van der Waals surface area contributed by atoms with Crippen LogP contribution in [0.2, 0.25) is 0 Å². The number of urea groups is 1. The van der Waals surface area contributed by atoms with E-state index < -0.39 is 24.5 Å². The molecule has 0 radical (unpaired) electrons. The summed E-state index contributed by atoms with van der Waals surface area (Å²) in [7, 11) is 0. The summed E-state index contributed by atoms with van der Waals surface area (Å²) in [6, 6.07) is 3.64. The fraction of sp³-hybridized carbons (Fsp3) is 0.100. The number of hydrogen-bond acceptors (Lipinski definition) is 5. The van der Waals surface area contributed by atoms with E-state index in [-0.39, 0.29) is 5.56 Å². The van der Waals surface area contributed by atoms with Crippen LogP contribution in [-0.2, 0) is 9.53 Å². The van der Waals surface area contributed by atoms with Crippen molar-refractivity contribution >= 4 is 39.5 Å². The molecule has 7 nitrogen and oxygen atoms in total. The van der Waals surface area contributed by atoms with Crippen LogP contribution >= 0.6 is 15.9 Å². The molecule has 1 aromatic carbocycles. The maximum Gasteiger partial charge on any atom is 0.339 e. The van der Waals surface area contributed by atoms with Crippen molar-refractivity contribution in [3.05, 3.63) is 28.2 Å². The van der Waals surface area contributed by atoms with Crippen molar-refractivity contribution in [2.45, 2.75) is 0 Å². The molecule has 18 heavy (non-hydrogen) atoms. The Morgan fingerprint density at radius 1 is 1.33 bits per heavy atom. The third kappa shape index (κ3) is 3.74. The molecule has 0 heterocycles. The number of amides is 3. The summed E-state index contributed by atoms with van der Waals surface area (Å²) in [5, 5.41) is 1.76. The maximum absolute atomic E-state index is 11.6. The molecule has 5 N–H and O–H groups in total. The third-order valence-electron chi connectivity index (χ3n) is 1.85.